The number of hydrogen-bond acceptors (Lipinski definition) is 8. The Labute approximate surface area is 187 Å². The van der Waals surface area contributed by atoms with Crippen LogP contribution in [0.25, 0.3) is 22.3 Å². The van der Waals surface area contributed by atoms with Gasteiger partial charge in [0.05, 0.1) is 30.1 Å². The summed E-state index contributed by atoms with van der Waals surface area (Å²) in [4.78, 5) is 10.6. The Bertz CT molecular complexity index is 1280. The van der Waals surface area contributed by atoms with Crippen LogP contribution in [0, 0.1) is 5.82 Å². The summed E-state index contributed by atoms with van der Waals surface area (Å²) >= 11 is 6.63. The van der Waals surface area contributed by atoms with Gasteiger partial charge in [0, 0.05) is 42.0 Å². The molecule has 0 saturated carbocycles. The van der Waals surface area contributed by atoms with E-state index in [0.717, 1.165) is 24.3 Å². The van der Waals surface area contributed by atoms with Crippen molar-refractivity contribution < 1.29 is 13.9 Å². The molecule has 0 amide bonds. The molecule has 1 fully saturated rings. The van der Waals surface area contributed by atoms with Gasteiger partial charge in [-0.15, -0.1) is 5.10 Å². The van der Waals surface area contributed by atoms with Crippen molar-refractivity contribution in [3.63, 3.8) is 0 Å². The highest BCUT2D eigenvalue weighted by Gasteiger charge is 2.18. The molecule has 1 saturated heterocycles. The first-order valence-corrected chi connectivity index (χ1v) is 10.3. The lowest BCUT2D eigenvalue weighted by atomic mass is 10.0. The molecule has 1 aliphatic heterocycles. The number of nitrogen functional groups attached to an aromatic ring is 1. The Morgan fingerprint density at radius 2 is 2.03 bits per heavy atom. The minimum atomic E-state index is -0.477. The van der Waals surface area contributed by atoms with Crippen molar-refractivity contribution >= 4 is 34.3 Å². The molecule has 0 radical (unpaired) electrons. The van der Waals surface area contributed by atoms with Gasteiger partial charge in [0.2, 0.25) is 5.65 Å². The molecule has 4 aromatic rings. The van der Waals surface area contributed by atoms with Crippen LogP contribution in [0.5, 0.6) is 5.75 Å². The van der Waals surface area contributed by atoms with Gasteiger partial charge in [0.25, 0.3) is 0 Å². The maximum atomic E-state index is 14.7. The molecule has 0 aliphatic carbocycles. The van der Waals surface area contributed by atoms with Crippen LogP contribution in [0.15, 0.2) is 36.7 Å². The number of nitrogens with two attached hydrogens (primary N) is 1. The number of aromatic amines is 1. The van der Waals surface area contributed by atoms with Crippen molar-refractivity contribution in [2.45, 2.75) is 6.61 Å². The normalized spacial score (nSPS) is 14.1. The van der Waals surface area contributed by atoms with Crippen LogP contribution >= 0.6 is 11.6 Å². The van der Waals surface area contributed by atoms with Crippen molar-refractivity contribution in [3.8, 4) is 16.9 Å². The van der Waals surface area contributed by atoms with Gasteiger partial charge >= 0.3 is 0 Å². The summed E-state index contributed by atoms with van der Waals surface area (Å²) in [5, 5.41) is 10.6. The molecule has 0 unspecified atom stereocenters. The lowest BCUT2D eigenvalue weighted by molar-refractivity contribution is 0.122. The zero-order valence-electron chi connectivity index (χ0n) is 16.9. The summed E-state index contributed by atoms with van der Waals surface area (Å²) in [6, 6.07) is 6.51. The molecule has 3 aromatic heterocycles. The fourth-order valence-corrected chi connectivity index (χ4v) is 3.93. The van der Waals surface area contributed by atoms with Gasteiger partial charge in [0.1, 0.15) is 18.2 Å². The highest BCUT2D eigenvalue weighted by atomic mass is 35.5. The molecule has 164 valence electrons. The monoisotopic (exact) mass is 455 g/mol. The van der Waals surface area contributed by atoms with E-state index in [2.05, 4.69) is 30.3 Å². The predicted molar refractivity (Wildman–Crippen MR) is 118 cm³/mol. The number of aromatic nitrogens is 5. The number of H-pyrrole nitrogens is 1. The summed E-state index contributed by atoms with van der Waals surface area (Å²) in [5.74, 6) is 0.0697. The summed E-state index contributed by atoms with van der Waals surface area (Å²) in [6.07, 6.45) is 3.50. The summed E-state index contributed by atoms with van der Waals surface area (Å²) in [6.45, 7) is 2.78. The first-order chi connectivity index (χ1) is 15.6. The first-order valence-electron chi connectivity index (χ1n) is 9.95. The topological polar surface area (TPSA) is 115 Å². The lowest BCUT2D eigenvalue weighted by Crippen LogP contribution is -2.36. The number of anilines is 2. The second kappa shape index (κ2) is 8.56. The van der Waals surface area contributed by atoms with Gasteiger partial charge in [-0.05, 0) is 18.2 Å². The molecule has 11 heteroatoms. The van der Waals surface area contributed by atoms with E-state index in [9.17, 15) is 4.39 Å². The average Bonchev–Trinajstić information content (AvgIpc) is 3.28. The maximum Gasteiger partial charge on any atom is 0.207 e. The first kappa shape index (κ1) is 20.4. The largest absolute Gasteiger partial charge is 0.486 e. The number of nitrogens with one attached hydrogen (secondary N) is 1. The molecule has 32 heavy (non-hydrogen) atoms. The molecule has 4 heterocycles. The number of halogens is 2. The Morgan fingerprint density at radius 3 is 2.88 bits per heavy atom. The van der Waals surface area contributed by atoms with E-state index in [4.69, 9.17) is 26.8 Å². The maximum absolute atomic E-state index is 14.7. The van der Waals surface area contributed by atoms with Crippen LogP contribution in [0.4, 0.5) is 15.9 Å². The average molecular weight is 456 g/mol. The van der Waals surface area contributed by atoms with Crippen LogP contribution in [0.1, 0.15) is 5.56 Å². The van der Waals surface area contributed by atoms with Crippen molar-refractivity contribution in [3.05, 3.63) is 53.1 Å². The van der Waals surface area contributed by atoms with Crippen molar-refractivity contribution in [2.75, 3.05) is 36.9 Å². The zero-order chi connectivity index (χ0) is 22.1. The second-order valence-corrected chi connectivity index (χ2v) is 7.63. The molecule has 0 atom stereocenters. The van der Waals surface area contributed by atoms with Gasteiger partial charge in [-0.1, -0.05) is 11.6 Å². The van der Waals surface area contributed by atoms with E-state index in [1.807, 2.05) is 6.07 Å². The number of nitrogens with zero attached hydrogens (tertiary/aromatic N) is 5. The summed E-state index contributed by atoms with van der Waals surface area (Å²) in [5.41, 5.74) is 9.13. The second-order valence-electron chi connectivity index (χ2n) is 7.25. The van der Waals surface area contributed by atoms with Crippen LogP contribution in [0.2, 0.25) is 5.02 Å². The fourth-order valence-electron chi connectivity index (χ4n) is 3.61. The van der Waals surface area contributed by atoms with Gasteiger partial charge in [0.15, 0.2) is 11.3 Å². The molecule has 1 aromatic carbocycles. The molecule has 0 bridgehead atoms. The van der Waals surface area contributed by atoms with E-state index in [1.165, 1.54) is 12.1 Å². The smallest absolute Gasteiger partial charge is 0.207 e. The molecular formula is C21H19ClFN7O2. The molecular weight excluding hydrogens is 437 g/mol. The zero-order valence-corrected chi connectivity index (χ0v) is 17.6. The number of rotatable bonds is 5. The number of fused-ring (bicyclic) bond motifs is 1. The number of morpholine rings is 1. The number of ether oxygens (including phenoxy) is 2. The van der Waals surface area contributed by atoms with Crippen molar-refractivity contribution in [2.24, 2.45) is 0 Å². The van der Waals surface area contributed by atoms with E-state index in [1.54, 1.807) is 18.5 Å². The molecule has 0 spiro atoms. The Morgan fingerprint density at radius 1 is 1.19 bits per heavy atom. The van der Waals surface area contributed by atoms with E-state index < -0.39 is 5.82 Å². The third kappa shape index (κ3) is 3.90. The fraction of sp³-hybridized carbons (Fsp3) is 0.238. The van der Waals surface area contributed by atoms with Crippen LogP contribution < -0.4 is 15.4 Å². The minimum absolute atomic E-state index is 0.125. The third-order valence-corrected chi connectivity index (χ3v) is 5.68. The van der Waals surface area contributed by atoms with E-state index >= 15 is 0 Å². The minimum Gasteiger partial charge on any atom is -0.486 e. The highest BCUT2D eigenvalue weighted by molar-refractivity contribution is 6.34. The van der Waals surface area contributed by atoms with Crippen molar-refractivity contribution in [1.29, 1.82) is 0 Å². The predicted octanol–water partition coefficient (Wildman–Crippen LogP) is 3.21. The quantitative estimate of drug-likeness (QED) is 0.471. The van der Waals surface area contributed by atoms with Gasteiger partial charge < -0.3 is 20.1 Å². The van der Waals surface area contributed by atoms with E-state index in [-0.39, 0.29) is 23.0 Å². The lowest BCUT2D eigenvalue weighted by Gasteiger charge is -2.28. The van der Waals surface area contributed by atoms with E-state index in [0.29, 0.717) is 35.7 Å². The number of hydrogen-bond donors (Lipinski definition) is 2. The third-order valence-electron chi connectivity index (χ3n) is 5.25. The Balaban J connectivity index is 1.45. The Kier molecular flexibility index (Phi) is 5.46. The molecule has 1 aliphatic rings. The molecule has 9 nitrogen and oxygen atoms in total. The number of pyridine rings is 2. The molecule has 5 rings (SSSR count). The van der Waals surface area contributed by atoms with Gasteiger partial charge in [-0.2, -0.15) is 10.3 Å². The molecule has 3 N–H and O–H groups in total. The van der Waals surface area contributed by atoms with Crippen LogP contribution in [-0.2, 0) is 11.3 Å². The SMILES string of the molecule is Nc1cc(OCc2c(F)ccc(-c3cncc(N4CCOCC4)c3)c2Cl)c2n[nH]nc2n1. The summed E-state index contributed by atoms with van der Waals surface area (Å²) in [7, 11) is 0. The van der Waals surface area contributed by atoms with Crippen molar-refractivity contribution in [1.82, 2.24) is 25.4 Å². The van der Waals surface area contributed by atoms with Crippen LogP contribution in [-0.4, -0.2) is 51.7 Å². The summed E-state index contributed by atoms with van der Waals surface area (Å²) < 4.78 is 25.9. The van der Waals surface area contributed by atoms with Gasteiger partial charge in [-0.3, -0.25) is 4.98 Å². The van der Waals surface area contributed by atoms with Crippen LogP contribution in [0.3, 0.4) is 0 Å². The standard InChI is InChI=1S/C21H19ClFN7O2/c22-19-14(12-7-13(10-25-9-12)30-3-5-31-6-4-30)1-2-16(23)15(19)11-32-17-8-18(24)26-21-20(17)27-29-28-21/h1-2,7-10H,3-6,11H2,(H3,24,26,27,28,29). The highest BCUT2D eigenvalue weighted by Crippen LogP contribution is 2.35. The Hall–Kier alpha value is -3.50. The number of benzene rings is 1. The van der Waals surface area contributed by atoms with Gasteiger partial charge in [-0.25, -0.2) is 9.37 Å².